The molecule has 1 aliphatic heterocycles. The second-order valence-corrected chi connectivity index (χ2v) is 5.25. The summed E-state index contributed by atoms with van der Waals surface area (Å²) in [6, 6.07) is 0. The van der Waals surface area contributed by atoms with Crippen molar-refractivity contribution in [1.82, 2.24) is 10.2 Å². The van der Waals surface area contributed by atoms with Crippen molar-refractivity contribution in [2.45, 2.75) is 6.42 Å². The summed E-state index contributed by atoms with van der Waals surface area (Å²) in [6.45, 7) is 4.33. The van der Waals surface area contributed by atoms with Crippen molar-refractivity contribution in [3.8, 4) is 0 Å². The molecule has 18 heavy (non-hydrogen) atoms. The first-order chi connectivity index (χ1) is 8.61. The largest absolute Gasteiger partial charge is 0.381 e. The Morgan fingerprint density at radius 2 is 2.50 bits per heavy atom. The minimum atomic E-state index is -0.432. The van der Waals surface area contributed by atoms with Crippen LogP contribution in [0.25, 0.3) is 0 Å². The Hall–Kier alpha value is -0.790. The summed E-state index contributed by atoms with van der Waals surface area (Å²) in [5.41, 5.74) is 0. The molecule has 1 rings (SSSR count). The summed E-state index contributed by atoms with van der Waals surface area (Å²) in [5, 5.41) is 14.0. The maximum absolute atomic E-state index is 10.3. The van der Waals surface area contributed by atoms with Crippen LogP contribution in [0.2, 0.25) is 0 Å². The first-order valence-electron chi connectivity index (χ1n) is 6.01. The van der Waals surface area contributed by atoms with E-state index >= 15 is 0 Å². The molecule has 1 atom stereocenters. The SMILES string of the molecule is CSC(=C[N+](=O)[O-])NCCN(C)CC1CCOC1. The Morgan fingerprint density at radius 1 is 1.72 bits per heavy atom. The van der Waals surface area contributed by atoms with E-state index in [4.69, 9.17) is 4.74 Å². The molecule has 6 nitrogen and oxygen atoms in total. The van der Waals surface area contributed by atoms with Crippen LogP contribution < -0.4 is 5.32 Å². The molecule has 0 aromatic rings. The quantitative estimate of drug-likeness (QED) is 0.526. The van der Waals surface area contributed by atoms with Crippen molar-refractivity contribution in [2.75, 3.05) is 46.2 Å². The second kappa shape index (κ2) is 8.34. The number of rotatable bonds is 8. The van der Waals surface area contributed by atoms with E-state index in [1.54, 1.807) is 0 Å². The average Bonchev–Trinajstić information content (AvgIpc) is 2.79. The zero-order valence-electron chi connectivity index (χ0n) is 10.9. The molecule has 0 aromatic heterocycles. The van der Waals surface area contributed by atoms with Gasteiger partial charge in [0.15, 0.2) is 0 Å². The zero-order valence-corrected chi connectivity index (χ0v) is 11.7. The maximum atomic E-state index is 10.3. The number of hydrogen-bond acceptors (Lipinski definition) is 6. The highest BCUT2D eigenvalue weighted by atomic mass is 32.2. The Kier molecular flexibility index (Phi) is 7.07. The molecule has 0 saturated carbocycles. The average molecular weight is 275 g/mol. The van der Waals surface area contributed by atoms with Gasteiger partial charge in [-0.15, -0.1) is 11.8 Å². The van der Waals surface area contributed by atoms with Crippen LogP contribution in [0.3, 0.4) is 0 Å². The fraction of sp³-hybridized carbons (Fsp3) is 0.818. The highest BCUT2D eigenvalue weighted by Gasteiger charge is 2.17. The van der Waals surface area contributed by atoms with Gasteiger partial charge >= 0.3 is 0 Å². The molecule has 1 saturated heterocycles. The molecule has 0 bridgehead atoms. The molecule has 1 N–H and O–H groups in total. The van der Waals surface area contributed by atoms with Gasteiger partial charge in [0.2, 0.25) is 0 Å². The minimum Gasteiger partial charge on any atom is -0.381 e. The van der Waals surface area contributed by atoms with Gasteiger partial charge < -0.3 is 15.0 Å². The van der Waals surface area contributed by atoms with Crippen molar-refractivity contribution in [2.24, 2.45) is 5.92 Å². The number of nitro groups is 1. The third-order valence-electron chi connectivity index (χ3n) is 2.83. The molecule has 0 aliphatic carbocycles. The van der Waals surface area contributed by atoms with Gasteiger partial charge in [-0.25, -0.2) is 0 Å². The van der Waals surface area contributed by atoms with Gasteiger partial charge in [0.25, 0.3) is 6.20 Å². The molecular formula is C11H21N3O3S. The smallest absolute Gasteiger partial charge is 0.263 e. The summed E-state index contributed by atoms with van der Waals surface area (Å²) >= 11 is 1.35. The van der Waals surface area contributed by atoms with E-state index in [1.807, 2.05) is 6.26 Å². The Morgan fingerprint density at radius 3 is 3.06 bits per heavy atom. The van der Waals surface area contributed by atoms with Crippen LogP contribution in [-0.4, -0.2) is 56.0 Å². The molecule has 1 fully saturated rings. The topological polar surface area (TPSA) is 67.6 Å². The van der Waals surface area contributed by atoms with E-state index in [9.17, 15) is 10.1 Å². The van der Waals surface area contributed by atoms with E-state index in [0.717, 1.165) is 38.9 Å². The van der Waals surface area contributed by atoms with E-state index in [2.05, 4.69) is 17.3 Å². The van der Waals surface area contributed by atoms with Gasteiger partial charge in [-0.1, -0.05) is 0 Å². The second-order valence-electron chi connectivity index (χ2n) is 4.40. The van der Waals surface area contributed by atoms with Gasteiger partial charge in [-0.05, 0) is 25.6 Å². The fourth-order valence-corrected chi connectivity index (χ4v) is 2.33. The monoisotopic (exact) mass is 275 g/mol. The fourth-order valence-electron chi connectivity index (χ4n) is 1.90. The van der Waals surface area contributed by atoms with Gasteiger partial charge in [0, 0.05) is 26.2 Å². The van der Waals surface area contributed by atoms with Crippen molar-refractivity contribution < 1.29 is 9.66 Å². The van der Waals surface area contributed by atoms with Crippen LogP contribution in [0.15, 0.2) is 11.2 Å². The Balaban J connectivity index is 2.17. The molecular weight excluding hydrogens is 254 g/mol. The van der Waals surface area contributed by atoms with Crippen molar-refractivity contribution in [3.05, 3.63) is 21.3 Å². The molecule has 1 aliphatic rings. The lowest BCUT2D eigenvalue weighted by atomic mass is 10.1. The number of hydrogen-bond donors (Lipinski definition) is 1. The van der Waals surface area contributed by atoms with Crippen LogP contribution in [0.4, 0.5) is 0 Å². The predicted octanol–water partition coefficient (Wildman–Crippen LogP) is 0.983. The van der Waals surface area contributed by atoms with E-state index in [0.29, 0.717) is 17.5 Å². The normalized spacial score (nSPS) is 20.4. The lowest BCUT2D eigenvalue weighted by Gasteiger charge is -2.20. The molecule has 7 heteroatoms. The number of nitrogens with zero attached hydrogens (tertiary/aromatic N) is 2. The Labute approximate surface area is 112 Å². The minimum absolute atomic E-state index is 0.432. The van der Waals surface area contributed by atoms with E-state index < -0.39 is 4.92 Å². The van der Waals surface area contributed by atoms with Crippen LogP contribution in [0, 0.1) is 16.0 Å². The molecule has 1 heterocycles. The third kappa shape index (κ3) is 6.23. The van der Waals surface area contributed by atoms with E-state index in [1.165, 1.54) is 11.8 Å². The van der Waals surface area contributed by atoms with Gasteiger partial charge in [0.1, 0.15) is 5.03 Å². The first-order valence-corrected chi connectivity index (χ1v) is 7.23. The molecule has 0 aromatic carbocycles. The molecule has 0 spiro atoms. The molecule has 104 valence electrons. The van der Waals surface area contributed by atoms with Crippen molar-refractivity contribution in [3.63, 3.8) is 0 Å². The number of thioether (sulfide) groups is 1. The highest BCUT2D eigenvalue weighted by molar-refractivity contribution is 8.02. The van der Waals surface area contributed by atoms with Gasteiger partial charge in [-0.3, -0.25) is 10.1 Å². The predicted molar refractivity (Wildman–Crippen MR) is 73.0 cm³/mol. The van der Waals surface area contributed by atoms with Gasteiger partial charge in [0.05, 0.1) is 11.5 Å². The van der Waals surface area contributed by atoms with Gasteiger partial charge in [-0.2, -0.15) is 0 Å². The number of likely N-dealkylation sites (N-methyl/N-ethyl adjacent to an activating group) is 1. The van der Waals surface area contributed by atoms with Crippen LogP contribution >= 0.6 is 11.8 Å². The zero-order chi connectivity index (χ0) is 13.4. The summed E-state index contributed by atoms with van der Waals surface area (Å²) in [7, 11) is 2.07. The Bertz CT molecular complexity index is 293. The van der Waals surface area contributed by atoms with Crippen molar-refractivity contribution >= 4 is 11.8 Å². The summed E-state index contributed by atoms with van der Waals surface area (Å²) in [5.74, 6) is 0.629. The first kappa shape index (κ1) is 15.3. The summed E-state index contributed by atoms with van der Waals surface area (Å²) in [6.07, 6.45) is 3.96. The number of ether oxygens (including phenoxy) is 1. The van der Waals surface area contributed by atoms with Crippen LogP contribution in [0.1, 0.15) is 6.42 Å². The molecule has 1 unspecified atom stereocenters. The molecule has 0 radical (unpaired) electrons. The third-order valence-corrected chi connectivity index (χ3v) is 3.52. The highest BCUT2D eigenvalue weighted by Crippen LogP contribution is 2.13. The van der Waals surface area contributed by atoms with Crippen LogP contribution in [-0.2, 0) is 4.74 Å². The molecule has 0 amide bonds. The van der Waals surface area contributed by atoms with Crippen LogP contribution in [0.5, 0.6) is 0 Å². The van der Waals surface area contributed by atoms with E-state index in [-0.39, 0.29) is 0 Å². The standard InChI is InChI=1S/C11H21N3O3S/c1-13(7-10-3-6-17-9-10)5-4-12-11(18-2)8-14(15)16/h8,10,12H,3-7,9H2,1-2H3. The van der Waals surface area contributed by atoms with Crippen molar-refractivity contribution in [1.29, 1.82) is 0 Å². The lowest BCUT2D eigenvalue weighted by Crippen LogP contribution is -2.32. The summed E-state index contributed by atoms with van der Waals surface area (Å²) < 4.78 is 5.33. The summed E-state index contributed by atoms with van der Waals surface area (Å²) in [4.78, 5) is 12.1. The maximum Gasteiger partial charge on any atom is 0.263 e. The lowest BCUT2D eigenvalue weighted by molar-refractivity contribution is -0.403. The number of nitrogens with one attached hydrogen (secondary N) is 1.